The number of hydrogen-bond donors (Lipinski definition) is 1. The number of hydrogen-bond acceptors (Lipinski definition) is 4. The smallest absolute Gasteiger partial charge is 0.194 e. The van der Waals surface area contributed by atoms with E-state index in [0.29, 0.717) is 12.5 Å². The van der Waals surface area contributed by atoms with Crippen molar-refractivity contribution in [1.82, 2.24) is 25.0 Å². The van der Waals surface area contributed by atoms with Gasteiger partial charge in [-0.3, -0.25) is 9.67 Å². The number of ether oxygens (including phenoxy) is 1. The molecule has 25 heavy (non-hydrogen) atoms. The second-order valence-corrected chi connectivity index (χ2v) is 6.22. The normalized spacial score (nSPS) is 16.9. The Kier molecular flexibility index (Phi) is 5.53. The van der Waals surface area contributed by atoms with Crippen LogP contribution in [0.25, 0.3) is 0 Å². The van der Waals surface area contributed by atoms with Crippen LogP contribution in [0.3, 0.4) is 0 Å². The van der Waals surface area contributed by atoms with Crippen molar-refractivity contribution in [1.29, 1.82) is 0 Å². The van der Waals surface area contributed by atoms with Crippen LogP contribution in [0.1, 0.15) is 30.7 Å². The van der Waals surface area contributed by atoms with Crippen molar-refractivity contribution in [2.24, 2.45) is 12.0 Å². The SMILES string of the molecule is CCNC(=NCC1CCOc2ccccc21)N(C)Cc1ncnn1C. The van der Waals surface area contributed by atoms with E-state index in [1.807, 2.05) is 26.2 Å². The molecule has 0 amide bonds. The number of benzene rings is 1. The highest BCUT2D eigenvalue weighted by Crippen LogP contribution is 2.33. The Labute approximate surface area is 148 Å². The van der Waals surface area contributed by atoms with Gasteiger partial charge in [0.25, 0.3) is 0 Å². The molecule has 0 saturated heterocycles. The van der Waals surface area contributed by atoms with Crippen molar-refractivity contribution < 1.29 is 4.74 Å². The molecule has 1 aliphatic rings. The van der Waals surface area contributed by atoms with Crippen LogP contribution in [0.15, 0.2) is 35.6 Å². The minimum atomic E-state index is 0.391. The highest BCUT2D eigenvalue weighted by molar-refractivity contribution is 5.79. The highest BCUT2D eigenvalue weighted by atomic mass is 16.5. The quantitative estimate of drug-likeness (QED) is 0.663. The molecule has 1 atom stereocenters. The van der Waals surface area contributed by atoms with E-state index < -0.39 is 0 Å². The Morgan fingerprint density at radius 1 is 1.44 bits per heavy atom. The number of guanidine groups is 1. The molecule has 0 bridgehead atoms. The van der Waals surface area contributed by atoms with Crippen molar-refractivity contribution >= 4 is 5.96 Å². The molecule has 2 aromatic rings. The number of aromatic nitrogens is 3. The number of aliphatic imine (C=N–C) groups is 1. The summed E-state index contributed by atoms with van der Waals surface area (Å²) < 4.78 is 7.53. The van der Waals surface area contributed by atoms with Gasteiger partial charge in [0.15, 0.2) is 5.96 Å². The maximum absolute atomic E-state index is 5.75. The molecule has 1 aliphatic heterocycles. The van der Waals surface area contributed by atoms with Gasteiger partial charge in [0.2, 0.25) is 0 Å². The van der Waals surface area contributed by atoms with Crippen molar-refractivity contribution in [2.45, 2.75) is 25.8 Å². The van der Waals surface area contributed by atoms with Gasteiger partial charge in [0.05, 0.1) is 13.2 Å². The van der Waals surface area contributed by atoms with Gasteiger partial charge in [0, 0.05) is 33.1 Å². The number of fused-ring (bicyclic) bond motifs is 1. The van der Waals surface area contributed by atoms with E-state index in [4.69, 9.17) is 9.73 Å². The largest absolute Gasteiger partial charge is 0.493 e. The minimum Gasteiger partial charge on any atom is -0.493 e. The van der Waals surface area contributed by atoms with Crippen LogP contribution in [0.4, 0.5) is 0 Å². The second-order valence-electron chi connectivity index (χ2n) is 6.22. The summed E-state index contributed by atoms with van der Waals surface area (Å²) in [4.78, 5) is 11.2. The third kappa shape index (κ3) is 4.10. The van der Waals surface area contributed by atoms with E-state index >= 15 is 0 Å². The number of para-hydroxylation sites is 1. The zero-order valence-electron chi connectivity index (χ0n) is 15.1. The zero-order chi connectivity index (χ0) is 17.6. The van der Waals surface area contributed by atoms with Crippen LogP contribution in [-0.2, 0) is 13.6 Å². The fourth-order valence-corrected chi connectivity index (χ4v) is 3.02. The molecule has 0 radical (unpaired) electrons. The monoisotopic (exact) mass is 342 g/mol. The highest BCUT2D eigenvalue weighted by Gasteiger charge is 2.21. The lowest BCUT2D eigenvalue weighted by atomic mass is 9.93. The lowest BCUT2D eigenvalue weighted by molar-refractivity contribution is 0.268. The van der Waals surface area contributed by atoms with Crippen LogP contribution in [0, 0.1) is 0 Å². The molecule has 134 valence electrons. The van der Waals surface area contributed by atoms with Crippen molar-refractivity contribution in [3.63, 3.8) is 0 Å². The lowest BCUT2D eigenvalue weighted by Crippen LogP contribution is -2.39. The van der Waals surface area contributed by atoms with Crippen LogP contribution in [0.2, 0.25) is 0 Å². The summed E-state index contributed by atoms with van der Waals surface area (Å²) in [6, 6.07) is 8.26. The summed E-state index contributed by atoms with van der Waals surface area (Å²) in [6.07, 6.45) is 2.57. The summed E-state index contributed by atoms with van der Waals surface area (Å²) in [5.41, 5.74) is 1.25. The van der Waals surface area contributed by atoms with Gasteiger partial charge >= 0.3 is 0 Å². The standard InChI is InChI=1S/C18H26N6O/c1-4-19-18(23(2)12-17-21-13-22-24(17)3)20-11-14-9-10-25-16-8-6-5-7-15(14)16/h5-8,13-14H,4,9-12H2,1-3H3,(H,19,20). The van der Waals surface area contributed by atoms with Crippen molar-refractivity contribution in [3.8, 4) is 5.75 Å². The molecule has 0 spiro atoms. The van der Waals surface area contributed by atoms with E-state index in [1.165, 1.54) is 5.56 Å². The molecule has 1 aromatic carbocycles. The predicted octanol–water partition coefficient (Wildman–Crippen LogP) is 1.78. The van der Waals surface area contributed by atoms with Gasteiger partial charge in [0.1, 0.15) is 17.9 Å². The van der Waals surface area contributed by atoms with Gasteiger partial charge in [-0.25, -0.2) is 4.98 Å². The van der Waals surface area contributed by atoms with Gasteiger partial charge in [-0.15, -0.1) is 0 Å². The molecular weight excluding hydrogens is 316 g/mol. The summed E-state index contributed by atoms with van der Waals surface area (Å²) in [7, 11) is 3.92. The van der Waals surface area contributed by atoms with Crippen LogP contribution < -0.4 is 10.1 Å². The number of nitrogens with zero attached hydrogens (tertiary/aromatic N) is 5. The van der Waals surface area contributed by atoms with E-state index in [2.05, 4.69) is 39.4 Å². The number of nitrogens with one attached hydrogen (secondary N) is 1. The van der Waals surface area contributed by atoms with Gasteiger partial charge in [-0.05, 0) is 25.0 Å². The molecule has 1 N–H and O–H groups in total. The Bertz CT molecular complexity index is 726. The number of aryl methyl sites for hydroxylation is 1. The average Bonchev–Trinajstić information content (AvgIpc) is 3.03. The first kappa shape index (κ1) is 17.3. The van der Waals surface area contributed by atoms with E-state index in [-0.39, 0.29) is 0 Å². The molecule has 1 unspecified atom stereocenters. The molecule has 0 aliphatic carbocycles. The predicted molar refractivity (Wildman–Crippen MR) is 97.7 cm³/mol. The van der Waals surface area contributed by atoms with Gasteiger partial charge in [-0.1, -0.05) is 18.2 Å². The molecule has 7 heteroatoms. The fraction of sp³-hybridized carbons (Fsp3) is 0.500. The lowest BCUT2D eigenvalue weighted by Gasteiger charge is -2.26. The van der Waals surface area contributed by atoms with E-state index in [9.17, 15) is 0 Å². The third-order valence-electron chi connectivity index (χ3n) is 4.42. The minimum absolute atomic E-state index is 0.391. The first-order valence-electron chi connectivity index (χ1n) is 8.73. The third-order valence-corrected chi connectivity index (χ3v) is 4.42. The van der Waals surface area contributed by atoms with Crippen molar-refractivity contribution in [3.05, 3.63) is 42.0 Å². The first-order valence-corrected chi connectivity index (χ1v) is 8.73. The molecule has 0 saturated carbocycles. The molecule has 0 fully saturated rings. The topological polar surface area (TPSA) is 67.6 Å². The Morgan fingerprint density at radius 3 is 3.04 bits per heavy atom. The summed E-state index contributed by atoms with van der Waals surface area (Å²) in [5, 5.41) is 7.49. The van der Waals surface area contributed by atoms with Crippen molar-refractivity contribution in [2.75, 3.05) is 26.7 Å². The van der Waals surface area contributed by atoms with Gasteiger partial charge < -0.3 is 15.0 Å². The maximum atomic E-state index is 5.75. The van der Waals surface area contributed by atoms with Crippen LogP contribution in [-0.4, -0.2) is 52.4 Å². The summed E-state index contributed by atoms with van der Waals surface area (Å²) in [5.74, 6) is 3.17. The molecule has 3 rings (SSSR count). The molecule has 1 aromatic heterocycles. The average molecular weight is 342 g/mol. The maximum Gasteiger partial charge on any atom is 0.194 e. The number of rotatable bonds is 5. The van der Waals surface area contributed by atoms with Gasteiger partial charge in [-0.2, -0.15) is 5.10 Å². The van der Waals surface area contributed by atoms with Crippen LogP contribution >= 0.6 is 0 Å². The molecule has 7 nitrogen and oxygen atoms in total. The summed E-state index contributed by atoms with van der Waals surface area (Å²) >= 11 is 0. The Morgan fingerprint density at radius 2 is 2.28 bits per heavy atom. The summed E-state index contributed by atoms with van der Waals surface area (Å²) in [6.45, 7) is 5.06. The van der Waals surface area contributed by atoms with E-state index in [0.717, 1.165) is 43.7 Å². The second kappa shape index (κ2) is 8.00. The van der Waals surface area contributed by atoms with Crippen LogP contribution in [0.5, 0.6) is 5.75 Å². The first-order chi connectivity index (χ1) is 12.2. The Hall–Kier alpha value is -2.57. The Balaban J connectivity index is 1.71. The fourth-order valence-electron chi connectivity index (χ4n) is 3.02. The zero-order valence-corrected chi connectivity index (χ0v) is 15.1. The molecule has 2 heterocycles. The van der Waals surface area contributed by atoms with E-state index in [1.54, 1.807) is 11.0 Å². The molecular formula is C18H26N6O.